The van der Waals surface area contributed by atoms with Crippen molar-refractivity contribution in [1.82, 2.24) is 40.0 Å². The first-order chi connectivity index (χ1) is 18.5. The van der Waals surface area contributed by atoms with Crippen molar-refractivity contribution in [3.63, 3.8) is 0 Å². The van der Waals surface area contributed by atoms with Gasteiger partial charge in [0.05, 0.1) is 52.6 Å². The number of H-pyrrole nitrogens is 2. The van der Waals surface area contributed by atoms with Gasteiger partial charge in [-0.2, -0.15) is 5.10 Å². The predicted octanol–water partition coefficient (Wildman–Crippen LogP) is 3.38. The number of piperazine rings is 1. The lowest BCUT2D eigenvalue weighted by Gasteiger charge is -2.33. The third-order valence-corrected chi connectivity index (χ3v) is 6.89. The molecule has 0 aromatic carbocycles. The van der Waals surface area contributed by atoms with Gasteiger partial charge in [-0.1, -0.05) is 13.3 Å². The fourth-order valence-electron chi connectivity index (χ4n) is 4.84. The van der Waals surface area contributed by atoms with E-state index < -0.39 is 12.0 Å². The smallest absolute Gasteiger partial charge is 0.161 e. The Hall–Kier alpha value is -4.16. The molecule has 0 amide bonds. The minimum absolute atomic E-state index is 0.136. The number of aliphatic hydroxyl groups is 1. The van der Waals surface area contributed by atoms with Crippen molar-refractivity contribution in [2.24, 2.45) is 0 Å². The van der Waals surface area contributed by atoms with Crippen molar-refractivity contribution in [1.29, 1.82) is 0 Å². The van der Waals surface area contributed by atoms with Crippen molar-refractivity contribution in [3.05, 3.63) is 42.9 Å². The molecule has 6 heterocycles. The van der Waals surface area contributed by atoms with E-state index in [1.807, 2.05) is 13.1 Å². The van der Waals surface area contributed by atoms with Gasteiger partial charge >= 0.3 is 0 Å². The van der Waals surface area contributed by atoms with Crippen LogP contribution in [-0.4, -0.2) is 84.6 Å². The molecule has 1 unspecified atom stereocenters. The Morgan fingerprint density at radius 2 is 1.87 bits per heavy atom. The van der Waals surface area contributed by atoms with Gasteiger partial charge < -0.3 is 25.2 Å². The molecule has 5 aromatic rings. The lowest BCUT2D eigenvalue weighted by atomic mass is 10.1. The Morgan fingerprint density at radius 3 is 2.68 bits per heavy atom. The van der Waals surface area contributed by atoms with Crippen molar-refractivity contribution < 1.29 is 9.50 Å². The van der Waals surface area contributed by atoms with Gasteiger partial charge in [0.2, 0.25) is 0 Å². The lowest BCUT2D eigenvalue weighted by molar-refractivity contribution is 0.192. The van der Waals surface area contributed by atoms with E-state index in [0.29, 0.717) is 34.7 Å². The maximum absolute atomic E-state index is 16.0. The maximum atomic E-state index is 16.0. The lowest BCUT2D eigenvalue weighted by Crippen LogP contribution is -2.44. The number of hydrogen-bond acceptors (Lipinski definition) is 9. The molecule has 6 rings (SSSR count). The third kappa shape index (κ3) is 4.41. The molecule has 1 fully saturated rings. The molecule has 4 N–H and O–H groups in total. The zero-order valence-electron chi connectivity index (χ0n) is 21.2. The quantitative estimate of drug-likeness (QED) is 0.240. The van der Waals surface area contributed by atoms with Gasteiger partial charge in [-0.25, -0.2) is 9.37 Å². The molecule has 0 aliphatic carbocycles. The fourth-order valence-corrected chi connectivity index (χ4v) is 4.84. The summed E-state index contributed by atoms with van der Waals surface area (Å²) in [6.45, 7) is 5.67. The highest BCUT2D eigenvalue weighted by Gasteiger charge is 2.23. The molecule has 5 aromatic heterocycles. The Labute approximate surface area is 218 Å². The van der Waals surface area contributed by atoms with Gasteiger partial charge in [-0.3, -0.25) is 20.1 Å². The van der Waals surface area contributed by atoms with Crippen LogP contribution in [0.2, 0.25) is 0 Å². The molecule has 0 radical (unpaired) electrons. The zero-order chi connectivity index (χ0) is 26.2. The normalized spacial score (nSPS) is 15.4. The van der Waals surface area contributed by atoms with Crippen LogP contribution in [0.4, 0.5) is 15.8 Å². The van der Waals surface area contributed by atoms with Crippen molar-refractivity contribution >= 4 is 33.3 Å². The van der Waals surface area contributed by atoms with E-state index in [1.54, 1.807) is 30.9 Å². The number of anilines is 2. The monoisotopic (exact) mass is 516 g/mol. The van der Waals surface area contributed by atoms with Crippen LogP contribution >= 0.6 is 0 Å². The highest BCUT2D eigenvalue weighted by atomic mass is 19.1. The molecule has 0 spiro atoms. The molecule has 1 atom stereocenters. The van der Waals surface area contributed by atoms with Crippen molar-refractivity contribution in [2.75, 3.05) is 43.4 Å². The Kier molecular flexibility index (Phi) is 6.34. The summed E-state index contributed by atoms with van der Waals surface area (Å²) in [6.07, 6.45) is 8.94. The van der Waals surface area contributed by atoms with Gasteiger partial charge in [0.1, 0.15) is 23.1 Å². The number of pyridine rings is 3. The summed E-state index contributed by atoms with van der Waals surface area (Å²) < 4.78 is 16.0. The number of nitrogens with zero attached hydrogens (tertiary/aromatic N) is 7. The summed E-state index contributed by atoms with van der Waals surface area (Å²) >= 11 is 0. The van der Waals surface area contributed by atoms with Gasteiger partial charge in [0.25, 0.3) is 0 Å². The highest BCUT2D eigenvalue weighted by Crippen LogP contribution is 2.34. The van der Waals surface area contributed by atoms with E-state index in [0.717, 1.165) is 49.3 Å². The molecule has 1 aliphatic rings. The predicted molar refractivity (Wildman–Crippen MR) is 144 cm³/mol. The number of nitrogens with one attached hydrogen (secondary N) is 3. The number of likely N-dealkylation sites (N-methyl/N-ethyl adjacent to an activating group) is 1. The number of fused-ring (bicyclic) bond motifs is 2. The average molecular weight is 517 g/mol. The number of aromatic amines is 2. The first-order valence-corrected chi connectivity index (χ1v) is 12.7. The summed E-state index contributed by atoms with van der Waals surface area (Å²) in [6, 6.07) is 1.72. The van der Waals surface area contributed by atoms with Gasteiger partial charge in [-0.05, 0) is 19.5 Å². The molecule has 1 saturated heterocycles. The molecule has 11 nitrogen and oxygen atoms in total. The topological polar surface area (TPSA) is 135 Å². The number of hydrogen-bond donors (Lipinski definition) is 4. The standard InChI is InChI=1S/C26H29FN10O/c1-3-4-20(38)31-16-9-15(10-28-11-16)23-22(27)21-17(13-30-23)34-35-25(21)26-32-18-12-29-14-19(24(18)33-26)37-7-5-36(2)6-8-37/h9-14,20,31,38H,3-8H2,1-2H3,(H,32,33)(H,34,35). The summed E-state index contributed by atoms with van der Waals surface area (Å²) in [4.78, 5) is 25.6. The van der Waals surface area contributed by atoms with E-state index in [4.69, 9.17) is 4.98 Å². The summed E-state index contributed by atoms with van der Waals surface area (Å²) in [5.41, 5.74) is 4.50. The minimum Gasteiger partial charge on any atom is -0.374 e. The SMILES string of the molecule is CCCC(O)Nc1cncc(-c2ncc3[nH]nc(-c4nc5c(N6CCN(C)CC6)cncc5[nH]4)c3c2F)c1. The number of aromatic nitrogens is 7. The fraction of sp³-hybridized carbons (Fsp3) is 0.346. The molecule has 196 valence electrons. The number of rotatable bonds is 7. The van der Waals surface area contributed by atoms with Crippen LogP contribution in [-0.2, 0) is 0 Å². The van der Waals surface area contributed by atoms with Crippen molar-refractivity contribution in [2.45, 2.75) is 26.0 Å². The largest absolute Gasteiger partial charge is 0.374 e. The Balaban J connectivity index is 1.39. The second-order valence-corrected chi connectivity index (χ2v) is 9.62. The first-order valence-electron chi connectivity index (χ1n) is 12.7. The van der Waals surface area contributed by atoms with E-state index in [-0.39, 0.29) is 11.1 Å². The zero-order valence-corrected chi connectivity index (χ0v) is 21.2. The summed E-state index contributed by atoms with van der Waals surface area (Å²) in [7, 11) is 2.11. The van der Waals surface area contributed by atoms with Gasteiger partial charge in [-0.15, -0.1) is 0 Å². The minimum atomic E-state index is -0.712. The number of imidazole rings is 1. The van der Waals surface area contributed by atoms with Crippen molar-refractivity contribution in [3.8, 4) is 22.8 Å². The van der Waals surface area contributed by atoms with Crippen LogP contribution in [0.5, 0.6) is 0 Å². The number of aliphatic hydroxyl groups excluding tert-OH is 1. The molecular formula is C26H29FN10O. The Morgan fingerprint density at radius 1 is 1.05 bits per heavy atom. The molecule has 0 saturated carbocycles. The van der Waals surface area contributed by atoms with Gasteiger partial charge in [0.15, 0.2) is 11.6 Å². The summed E-state index contributed by atoms with van der Waals surface area (Å²) in [5.74, 6) is -0.0842. The van der Waals surface area contributed by atoms with E-state index in [9.17, 15) is 5.11 Å². The van der Waals surface area contributed by atoms with Gasteiger partial charge in [0, 0.05) is 37.9 Å². The highest BCUT2D eigenvalue weighted by molar-refractivity contribution is 5.97. The second-order valence-electron chi connectivity index (χ2n) is 9.62. The molecule has 1 aliphatic heterocycles. The summed E-state index contributed by atoms with van der Waals surface area (Å²) in [5, 5.41) is 20.6. The second kappa shape index (κ2) is 9.95. The van der Waals surface area contributed by atoms with Crippen LogP contribution in [0.25, 0.3) is 44.7 Å². The average Bonchev–Trinajstić information content (AvgIpc) is 3.54. The third-order valence-electron chi connectivity index (χ3n) is 6.89. The van der Waals surface area contributed by atoms with Crippen LogP contribution in [0.3, 0.4) is 0 Å². The Bertz CT molecular complexity index is 1590. The van der Waals surface area contributed by atoms with Crippen LogP contribution in [0, 0.1) is 5.82 Å². The molecule has 0 bridgehead atoms. The van der Waals surface area contributed by atoms with Crippen LogP contribution < -0.4 is 10.2 Å². The van der Waals surface area contributed by atoms with E-state index in [1.165, 1.54) is 0 Å². The molecular weight excluding hydrogens is 487 g/mol. The maximum Gasteiger partial charge on any atom is 0.161 e. The number of halogens is 1. The van der Waals surface area contributed by atoms with Crippen LogP contribution in [0.1, 0.15) is 19.8 Å². The van der Waals surface area contributed by atoms with E-state index in [2.05, 4.69) is 52.3 Å². The first kappa shape index (κ1) is 24.2. The van der Waals surface area contributed by atoms with E-state index >= 15 is 4.39 Å². The molecule has 38 heavy (non-hydrogen) atoms. The van der Waals surface area contributed by atoms with Crippen LogP contribution in [0.15, 0.2) is 37.1 Å². The molecule has 12 heteroatoms.